The normalized spacial score (nSPS) is 10.7. The molecule has 88 valence electrons. The number of aryl methyl sites for hydroxylation is 2. The van der Waals surface area contributed by atoms with Gasteiger partial charge in [-0.15, -0.1) is 0 Å². The summed E-state index contributed by atoms with van der Waals surface area (Å²) in [6.45, 7) is 4.40. The number of hydrogen-bond donors (Lipinski definition) is 2. The summed E-state index contributed by atoms with van der Waals surface area (Å²) in [6.07, 6.45) is 1.47. The maximum absolute atomic E-state index is 11.0. The van der Waals surface area contributed by atoms with Crippen molar-refractivity contribution in [3.8, 4) is 0 Å². The summed E-state index contributed by atoms with van der Waals surface area (Å²) in [5, 5.41) is 17.5. The lowest BCUT2D eigenvalue weighted by Crippen LogP contribution is -2.19. The van der Waals surface area contributed by atoms with Crippen molar-refractivity contribution in [1.82, 2.24) is 9.55 Å². The quantitative estimate of drug-likeness (QED) is 0.822. The van der Waals surface area contributed by atoms with Crippen molar-refractivity contribution in [2.75, 3.05) is 0 Å². The van der Waals surface area contributed by atoms with E-state index in [-0.39, 0.29) is 10.9 Å². The zero-order chi connectivity index (χ0) is 12.6. The van der Waals surface area contributed by atoms with Gasteiger partial charge >= 0.3 is 5.97 Å². The van der Waals surface area contributed by atoms with Crippen molar-refractivity contribution in [1.29, 1.82) is 5.41 Å². The van der Waals surface area contributed by atoms with Crippen LogP contribution in [-0.2, 0) is 6.54 Å². The van der Waals surface area contributed by atoms with E-state index in [1.807, 2.05) is 13.8 Å². The van der Waals surface area contributed by atoms with Gasteiger partial charge in [-0.3, -0.25) is 5.41 Å². The van der Waals surface area contributed by atoms with Gasteiger partial charge in [0.25, 0.3) is 0 Å². The van der Waals surface area contributed by atoms with Crippen molar-refractivity contribution in [3.05, 3.63) is 34.9 Å². The van der Waals surface area contributed by atoms with Crippen LogP contribution in [0.1, 0.15) is 23.0 Å². The predicted octanol–water partition coefficient (Wildman–Crippen LogP) is 1.54. The maximum atomic E-state index is 11.0. The Hall–Kier alpha value is -2.17. The van der Waals surface area contributed by atoms with E-state index in [0.717, 1.165) is 5.69 Å². The van der Waals surface area contributed by atoms with Crippen molar-refractivity contribution >= 4 is 17.0 Å². The minimum absolute atomic E-state index is 0.00463. The van der Waals surface area contributed by atoms with Gasteiger partial charge in [0.15, 0.2) is 0 Å². The number of carboxylic acids is 1. The van der Waals surface area contributed by atoms with Crippen LogP contribution < -0.4 is 5.36 Å². The van der Waals surface area contributed by atoms with E-state index in [1.165, 1.54) is 6.20 Å². The maximum Gasteiger partial charge on any atom is 0.339 e. The van der Waals surface area contributed by atoms with E-state index in [0.29, 0.717) is 17.6 Å². The van der Waals surface area contributed by atoms with Crippen LogP contribution in [0.25, 0.3) is 11.0 Å². The lowest BCUT2D eigenvalue weighted by atomic mass is 10.1. The Morgan fingerprint density at radius 1 is 1.53 bits per heavy atom. The van der Waals surface area contributed by atoms with E-state index in [4.69, 9.17) is 10.5 Å². The molecule has 2 aromatic heterocycles. The molecule has 0 spiro atoms. The Labute approximate surface area is 97.9 Å². The molecule has 2 N–H and O–H groups in total. The van der Waals surface area contributed by atoms with E-state index in [2.05, 4.69) is 4.98 Å². The molecule has 0 amide bonds. The van der Waals surface area contributed by atoms with Gasteiger partial charge in [-0.1, -0.05) is 0 Å². The largest absolute Gasteiger partial charge is 0.478 e. The van der Waals surface area contributed by atoms with E-state index in [9.17, 15) is 4.79 Å². The first-order valence-electron chi connectivity index (χ1n) is 5.33. The molecule has 0 unspecified atom stereocenters. The topological polar surface area (TPSA) is 79.0 Å². The smallest absolute Gasteiger partial charge is 0.339 e. The summed E-state index contributed by atoms with van der Waals surface area (Å²) >= 11 is 0. The number of carbonyl (C=O) groups is 1. The van der Waals surface area contributed by atoms with Gasteiger partial charge in [-0.05, 0) is 26.0 Å². The molecule has 0 aliphatic rings. The lowest BCUT2D eigenvalue weighted by molar-refractivity contribution is 0.0694. The first-order chi connectivity index (χ1) is 8.04. The summed E-state index contributed by atoms with van der Waals surface area (Å²) in [5.74, 6) is -1.08. The molecule has 0 aromatic carbocycles. The van der Waals surface area contributed by atoms with Gasteiger partial charge in [0, 0.05) is 23.8 Å². The number of rotatable bonds is 2. The van der Waals surface area contributed by atoms with Gasteiger partial charge in [0.05, 0.1) is 5.36 Å². The predicted molar refractivity (Wildman–Crippen MR) is 63.0 cm³/mol. The first-order valence-corrected chi connectivity index (χ1v) is 5.33. The molecule has 0 saturated heterocycles. The zero-order valence-electron chi connectivity index (χ0n) is 9.69. The van der Waals surface area contributed by atoms with Gasteiger partial charge in [0.2, 0.25) is 0 Å². The number of hydrogen-bond acceptors (Lipinski definition) is 3. The molecule has 0 radical (unpaired) electrons. The molecule has 2 heterocycles. The molecule has 0 saturated carbocycles. The summed E-state index contributed by atoms with van der Waals surface area (Å²) in [7, 11) is 0. The highest BCUT2D eigenvalue weighted by Crippen LogP contribution is 2.10. The number of aromatic nitrogens is 2. The first kappa shape index (κ1) is 11.3. The number of nitrogens with one attached hydrogen (secondary N) is 1. The fourth-order valence-electron chi connectivity index (χ4n) is 1.79. The Balaban J connectivity index is 2.95. The molecule has 2 aromatic rings. The summed E-state index contributed by atoms with van der Waals surface area (Å²) in [6, 6.07) is 3.53. The molecule has 5 nitrogen and oxygen atoms in total. The third-order valence-electron chi connectivity index (χ3n) is 2.68. The molecular weight excluding hydrogens is 218 g/mol. The van der Waals surface area contributed by atoms with Crippen LogP contribution >= 0.6 is 0 Å². The van der Waals surface area contributed by atoms with Crippen LogP contribution in [0.15, 0.2) is 18.3 Å². The number of fused-ring (bicyclic) bond motifs is 1. The third-order valence-corrected chi connectivity index (χ3v) is 2.68. The van der Waals surface area contributed by atoms with Crippen LogP contribution in [0.5, 0.6) is 0 Å². The second-order valence-corrected chi connectivity index (χ2v) is 3.83. The molecule has 0 aliphatic carbocycles. The molecule has 17 heavy (non-hydrogen) atoms. The van der Waals surface area contributed by atoms with Gasteiger partial charge in [0.1, 0.15) is 11.2 Å². The second kappa shape index (κ2) is 4.01. The number of aromatic carboxylic acids is 1. The number of pyridine rings is 2. The van der Waals surface area contributed by atoms with E-state index < -0.39 is 5.97 Å². The Bertz CT molecular complexity index is 659. The van der Waals surface area contributed by atoms with Gasteiger partial charge in [-0.2, -0.15) is 0 Å². The highest BCUT2D eigenvalue weighted by Gasteiger charge is 2.12. The molecule has 0 fully saturated rings. The van der Waals surface area contributed by atoms with Crippen molar-refractivity contribution < 1.29 is 9.90 Å². The van der Waals surface area contributed by atoms with Crippen LogP contribution in [0.3, 0.4) is 0 Å². The number of nitrogens with zero attached hydrogens (tertiary/aromatic N) is 2. The average Bonchev–Trinajstić information content (AvgIpc) is 2.29. The van der Waals surface area contributed by atoms with Crippen LogP contribution in [0.4, 0.5) is 0 Å². The average molecular weight is 231 g/mol. The third kappa shape index (κ3) is 1.80. The SMILES string of the molecule is CCn1cc(C(=O)O)c(=N)c2ccc(C)nc21. The fourth-order valence-corrected chi connectivity index (χ4v) is 1.79. The molecule has 5 heteroatoms. The van der Waals surface area contributed by atoms with Crippen LogP contribution in [-0.4, -0.2) is 20.6 Å². The number of carboxylic acid groups (broad SMARTS) is 1. The van der Waals surface area contributed by atoms with Crippen molar-refractivity contribution in [3.63, 3.8) is 0 Å². The van der Waals surface area contributed by atoms with Crippen molar-refractivity contribution in [2.24, 2.45) is 0 Å². The minimum Gasteiger partial charge on any atom is -0.478 e. The fraction of sp³-hybridized carbons (Fsp3) is 0.250. The van der Waals surface area contributed by atoms with E-state index in [1.54, 1.807) is 16.7 Å². The summed E-state index contributed by atoms with van der Waals surface area (Å²) in [5.41, 5.74) is 1.51. The van der Waals surface area contributed by atoms with Crippen molar-refractivity contribution in [2.45, 2.75) is 20.4 Å². The molecule has 0 atom stereocenters. The van der Waals surface area contributed by atoms with Crippen LogP contribution in [0, 0.1) is 12.3 Å². The monoisotopic (exact) mass is 231 g/mol. The molecule has 0 bridgehead atoms. The molecular formula is C12H13N3O2. The Morgan fingerprint density at radius 3 is 2.82 bits per heavy atom. The zero-order valence-corrected chi connectivity index (χ0v) is 9.69. The van der Waals surface area contributed by atoms with Crippen LogP contribution in [0.2, 0.25) is 0 Å². The molecule has 0 aliphatic heterocycles. The standard InChI is InChI=1S/C12H13N3O2/c1-3-15-6-9(12(16)17)10(13)8-5-4-7(2)14-11(8)15/h4-6,13H,3H2,1-2H3,(H,16,17). The lowest BCUT2D eigenvalue weighted by Gasteiger charge is -2.10. The van der Waals surface area contributed by atoms with Gasteiger partial charge < -0.3 is 9.67 Å². The summed E-state index contributed by atoms with van der Waals surface area (Å²) < 4.78 is 1.75. The minimum atomic E-state index is -1.08. The van der Waals surface area contributed by atoms with E-state index >= 15 is 0 Å². The Kier molecular flexibility index (Phi) is 2.67. The van der Waals surface area contributed by atoms with Gasteiger partial charge in [-0.25, -0.2) is 9.78 Å². The molecule has 2 rings (SSSR count). The highest BCUT2D eigenvalue weighted by atomic mass is 16.4. The highest BCUT2D eigenvalue weighted by molar-refractivity contribution is 5.91. The Morgan fingerprint density at radius 2 is 2.24 bits per heavy atom. The summed E-state index contributed by atoms with van der Waals surface area (Å²) in [4.78, 5) is 15.4. The second-order valence-electron chi connectivity index (χ2n) is 3.83.